The molecule has 2 aliphatic rings. The molecule has 0 aromatic carbocycles. The van der Waals surface area contributed by atoms with Gasteiger partial charge in [-0.3, -0.25) is 4.79 Å². The molecular formula is C17H32N2O2. The van der Waals surface area contributed by atoms with E-state index in [2.05, 4.69) is 9.80 Å². The van der Waals surface area contributed by atoms with Crippen LogP contribution < -0.4 is 0 Å². The van der Waals surface area contributed by atoms with Crippen molar-refractivity contribution in [2.24, 2.45) is 17.3 Å². The number of carbonyl (C=O) groups excluding carboxylic acids is 1. The van der Waals surface area contributed by atoms with E-state index in [0.29, 0.717) is 18.4 Å². The van der Waals surface area contributed by atoms with Gasteiger partial charge < -0.3 is 14.9 Å². The lowest BCUT2D eigenvalue weighted by molar-refractivity contribution is -0.141. The van der Waals surface area contributed by atoms with Crippen LogP contribution in [0.15, 0.2) is 0 Å². The first-order valence-corrected chi connectivity index (χ1v) is 8.52. The van der Waals surface area contributed by atoms with Crippen LogP contribution >= 0.6 is 0 Å². The van der Waals surface area contributed by atoms with Crippen LogP contribution in [0.25, 0.3) is 0 Å². The molecule has 4 nitrogen and oxygen atoms in total. The Morgan fingerprint density at radius 2 is 1.52 bits per heavy atom. The van der Waals surface area contributed by atoms with Gasteiger partial charge in [-0.15, -0.1) is 0 Å². The first-order valence-electron chi connectivity index (χ1n) is 8.52. The van der Waals surface area contributed by atoms with E-state index in [1.807, 2.05) is 20.8 Å². The van der Waals surface area contributed by atoms with E-state index < -0.39 is 0 Å². The second kappa shape index (κ2) is 7.10. The van der Waals surface area contributed by atoms with Gasteiger partial charge in [0, 0.05) is 31.7 Å². The molecule has 0 saturated carbocycles. The number of likely N-dealkylation sites (tertiary alicyclic amines) is 2. The number of aliphatic hydroxyl groups is 1. The fourth-order valence-electron chi connectivity index (χ4n) is 3.51. The molecule has 0 spiro atoms. The Morgan fingerprint density at radius 3 is 2.00 bits per heavy atom. The van der Waals surface area contributed by atoms with Gasteiger partial charge in [0.05, 0.1) is 0 Å². The zero-order valence-corrected chi connectivity index (χ0v) is 14.0. The van der Waals surface area contributed by atoms with Crippen LogP contribution in [0, 0.1) is 17.3 Å². The van der Waals surface area contributed by atoms with Crippen molar-refractivity contribution in [3.8, 4) is 0 Å². The highest BCUT2D eigenvalue weighted by atomic mass is 16.3. The average molecular weight is 296 g/mol. The number of rotatable bonds is 3. The molecule has 0 bridgehead atoms. The Kier molecular flexibility index (Phi) is 5.67. The third-order valence-corrected chi connectivity index (χ3v) is 5.03. The highest BCUT2D eigenvalue weighted by Crippen LogP contribution is 2.25. The number of hydrogen-bond donors (Lipinski definition) is 1. The minimum absolute atomic E-state index is 0.251. The van der Waals surface area contributed by atoms with Crippen molar-refractivity contribution in [3.05, 3.63) is 0 Å². The van der Waals surface area contributed by atoms with Gasteiger partial charge in [0.2, 0.25) is 5.91 Å². The first kappa shape index (κ1) is 16.8. The molecule has 122 valence electrons. The lowest BCUT2D eigenvalue weighted by Gasteiger charge is -2.39. The molecule has 0 aromatic heterocycles. The summed E-state index contributed by atoms with van der Waals surface area (Å²) in [6.07, 6.45) is 4.55. The van der Waals surface area contributed by atoms with Crippen molar-refractivity contribution >= 4 is 5.91 Å². The van der Waals surface area contributed by atoms with Crippen molar-refractivity contribution in [3.63, 3.8) is 0 Å². The van der Waals surface area contributed by atoms with E-state index in [-0.39, 0.29) is 5.41 Å². The van der Waals surface area contributed by atoms with Gasteiger partial charge in [0.25, 0.3) is 0 Å². The summed E-state index contributed by atoms with van der Waals surface area (Å²) in [7, 11) is 0. The molecule has 0 unspecified atom stereocenters. The topological polar surface area (TPSA) is 43.8 Å². The molecule has 0 radical (unpaired) electrons. The second-order valence-electron chi connectivity index (χ2n) is 7.91. The third-order valence-electron chi connectivity index (χ3n) is 5.03. The zero-order chi connectivity index (χ0) is 15.5. The molecule has 4 heteroatoms. The summed E-state index contributed by atoms with van der Waals surface area (Å²) in [5.74, 6) is 1.55. The number of hydrogen-bond acceptors (Lipinski definition) is 3. The van der Waals surface area contributed by atoms with Crippen molar-refractivity contribution in [1.82, 2.24) is 9.80 Å². The predicted molar refractivity (Wildman–Crippen MR) is 85.0 cm³/mol. The van der Waals surface area contributed by atoms with Crippen LogP contribution in [0.4, 0.5) is 0 Å². The maximum Gasteiger partial charge on any atom is 0.227 e. The van der Waals surface area contributed by atoms with Crippen LogP contribution in [0.2, 0.25) is 0 Å². The maximum absolute atomic E-state index is 12.3. The number of aliphatic hydroxyl groups excluding tert-OH is 1. The fraction of sp³-hybridized carbons (Fsp3) is 0.941. The molecule has 2 saturated heterocycles. The molecule has 2 aliphatic heterocycles. The largest absolute Gasteiger partial charge is 0.396 e. The van der Waals surface area contributed by atoms with Crippen molar-refractivity contribution in [2.75, 3.05) is 39.3 Å². The van der Waals surface area contributed by atoms with E-state index >= 15 is 0 Å². The van der Waals surface area contributed by atoms with Crippen LogP contribution in [0.3, 0.4) is 0 Å². The van der Waals surface area contributed by atoms with E-state index in [1.165, 1.54) is 6.54 Å². The minimum atomic E-state index is -0.251. The average Bonchev–Trinajstić information content (AvgIpc) is 2.47. The minimum Gasteiger partial charge on any atom is -0.396 e. The number of amides is 1. The zero-order valence-electron chi connectivity index (χ0n) is 14.0. The van der Waals surface area contributed by atoms with Gasteiger partial charge in [0.1, 0.15) is 0 Å². The van der Waals surface area contributed by atoms with Crippen LogP contribution in [0.5, 0.6) is 0 Å². The molecule has 0 atom stereocenters. The molecular weight excluding hydrogens is 264 g/mol. The first-order chi connectivity index (χ1) is 9.90. The standard InChI is InChI=1S/C17H32N2O2/c1-17(2,3)16(21)19-10-6-14(7-11-19)12-18-8-4-15(13-20)5-9-18/h14-15,20H,4-13H2,1-3H3. The van der Waals surface area contributed by atoms with Gasteiger partial charge in [-0.05, 0) is 50.6 Å². The summed E-state index contributed by atoms with van der Waals surface area (Å²) in [6, 6.07) is 0. The number of piperidine rings is 2. The lowest BCUT2D eigenvalue weighted by Crippen LogP contribution is -2.46. The van der Waals surface area contributed by atoms with Gasteiger partial charge in [-0.25, -0.2) is 0 Å². The highest BCUT2D eigenvalue weighted by molar-refractivity contribution is 5.81. The molecule has 1 amide bonds. The van der Waals surface area contributed by atoms with Gasteiger partial charge in [-0.2, -0.15) is 0 Å². The summed E-state index contributed by atoms with van der Waals surface area (Å²) in [5, 5.41) is 9.19. The maximum atomic E-state index is 12.3. The normalized spacial score (nSPS) is 23.5. The predicted octanol–water partition coefficient (Wildman–Crippen LogP) is 1.98. The van der Waals surface area contributed by atoms with Crippen molar-refractivity contribution in [2.45, 2.75) is 46.5 Å². The summed E-state index contributed by atoms with van der Waals surface area (Å²) < 4.78 is 0. The summed E-state index contributed by atoms with van der Waals surface area (Å²) in [4.78, 5) is 16.9. The van der Waals surface area contributed by atoms with Gasteiger partial charge >= 0.3 is 0 Å². The summed E-state index contributed by atoms with van der Waals surface area (Å²) in [5.41, 5.74) is -0.251. The lowest BCUT2D eigenvalue weighted by atomic mass is 9.90. The van der Waals surface area contributed by atoms with Gasteiger partial charge in [-0.1, -0.05) is 20.8 Å². The van der Waals surface area contributed by atoms with Crippen LogP contribution in [0.1, 0.15) is 46.5 Å². The quantitative estimate of drug-likeness (QED) is 0.866. The van der Waals surface area contributed by atoms with Crippen LogP contribution in [-0.4, -0.2) is 60.1 Å². The molecule has 1 N–H and O–H groups in total. The number of carbonyl (C=O) groups is 1. The molecule has 0 aromatic rings. The third kappa shape index (κ3) is 4.68. The Labute approximate surface area is 129 Å². The fourth-order valence-corrected chi connectivity index (χ4v) is 3.51. The molecule has 2 rings (SSSR count). The Bertz CT molecular complexity index is 335. The van der Waals surface area contributed by atoms with E-state index in [1.54, 1.807) is 0 Å². The molecule has 0 aliphatic carbocycles. The molecule has 21 heavy (non-hydrogen) atoms. The summed E-state index contributed by atoms with van der Waals surface area (Å²) >= 11 is 0. The SMILES string of the molecule is CC(C)(C)C(=O)N1CCC(CN2CCC(CO)CC2)CC1. The van der Waals surface area contributed by atoms with E-state index in [9.17, 15) is 9.90 Å². The highest BCUT2D eigenvalue weighted by Gasteiger charge is 2.31. The smallest absolute Gasteiger partial charge is 0.227 e. The molecule has 2 fully saturated rings. The molecule has 2 heterocycles. The monoisotopic (exact) mass is 296 g/mol. The Morgan fingerprint density at radius 1 is 1.00 bits per heavy atom. The van der Waals surface area contributed by atoms with Crippen molar-refractivity contribution < 1.29 is 9.90 Å². The van der Waals surface area contributed by atoms with E-state index in [0.717, 1.165) is 57.8 Å². The second-order valence-corrected chi connectivity index (χ2v) is 7.91. The summed E-state index contributed by atoms with van der Waals surface area (Å²) in [6.45, 7) is 11.7. The Hall–Kier alpha value is -0.610. The van der Waals surface area contributed by atoms with Crippen molar-refractivity contribution in [1.29, 1.82) is 0 Å². The Balaban J connectivity index is 1.71. The number of nitrogens with zero attached hydrogens (tertiary/aromatic N) is 2. The van der Waals surface area contributed by atoms with Crippen LogP contribution in [-0.2, 0) is 4.79 Å². The van der Waals surface area contributed by atoms with E-state index in [4.69, 9.17) is 0 Å². The van der Waals surface area contributed by atoms with Gasteiger partial charge in [0.15, 0.2) is 0 Å².